The number of aliphatic hydroxyl groups is 2. The minimum Gasteiger partial charge on any atom is -0.469 e. The molecule has 12 saturated heterocycles. The maximum absolute atomic E-state index is 13.9. The molecule has 12 fully saturated rings. The van der Waals surface area contributed by atoms with Crippen molar-refractivity contribution in [2.24, 2.45) is 59.2 Å². The zero-order chi connectivity index (χ0) is 93.4. The fraction of sp³-hybridized carbons (Fsp3) is 0.837. The van der Waals surface area contributed by atoms with Gasteiger partial charge >= 0.3 is 12.1 Å². The number of esters is 1. The minimum atomic E-state index is -2.33. The number of carbonyl (C=O) groups is 2. The highest BCUT2D eigenvalue weighted by molar-refractivity contribution is 6.75. The van der Waals surface area contributed by atoms with E-state index in [0.717, 1.165) is 119 Å². The topological polar surface area (TPSA) is 247 Å². The second-order valence-corrected chi connectivity index (χ2v) is 59.2. The number of hydrogen-bond acceptors (Lipinski definition) is 21. The van der Waals surface area contributed by atoms with Crippen LogP contribution in [0.1, 0.15) is 274 Å². The molecule has 12 heterocycles. The van der Waals surface area contributed by atoms with Crippen molar-refractivity contribution in [2.45, 2.75) is 475 Å². The molecule has 12 aliphatic heterocycles. The van der Waals surface area contributed by atoms with Gasteiger partial charge in [0.25, 0.3) is 0 Å². The summed E-state index contributed by atoms with van der Waals surface area (Å²) in [4.78, 5) is 42.9. The fourth-order valence-electron chi connectivity index (χ4n) is 21.1. The first-order valence-corrected chi connectivity index (χ1v) is 57.3. The van der Waals surface area contributed by atoms with E-state index in [1.165, 1.54) is 12.7 Å². The average molecular weight is 1850 g/mol. The molecule has 0 radical (unpaired) electrons. The van der Waals surface area contributed by atoms with Crippen LogP contribution < -0.4 is 0 Å². The molecule has 128 heavy (non-hydrogen) atoms. The van der Waals surface area contributed by atoms with E-state index in [2.05, 4.69) is 203 Å². The maximum atomic E-state index is 13.9. The molecule has 0 aromatic heterocycles. The van der Waals surface area contributed by atoms with Gasteiger partial charge in [-0.15, -0.1) is 13.2 Å². The Morgan fingerprint density at radius 3 is 1.56 bits per heavy atom. The van der Waals surface area contributed by atoms with E-state index in [-0.39, 0.29) is 218 Å². The van der Waals surface area contributed by atoms with Crippen LogP contribution in [0.5, 0.6) is 0 Å². The van der Waals surface area contributed by atoms with E-state index in [4.69, 9.17) is 79.7 Å². The van der Waals surface area contributed by atoms with Gasteiger partial charge in [0.1, 0.15) is 24.4 Å². The van der Waals surface area contributed by atoms with Gasteiger partial charge in [-0.2, -0.15) is 9.59 Å². The molecule has 5 unspecified atom stereocenters. The molecule has 34 atom stereocenters. The number of allylic oxidation sites excluding steroid dienone is 1. The molecule has 734 valence electrons. The molecule has 12 rings (SSSR count). The molecule has 6 bridgehead atoms. The summed E-state index contributed by atoms with van der Waals surface area (Å²) in [7, 11) is -4.96. The van der Waals surface area contributed by atoms with E-state index < -0.39 is 42.9 Å². The molecule has 0 aliphatic carbocycles. The Labute approximate surface area is 778 Å². The van der Waals surface area contributed by atoms with E-state index in [0.29, 0.717) is 62.4 Å². The van der Waals surface area contributed by atoms with E-state index in [9.17, 15) is 19.8 Å². The largest absolute Gasteiger partial charge is 0.469 e. The third-order valence-electron chi connectivity index (χ3n) is 32.7. The van der Waals surface area contributed by atoms with Gasteiger partial charge in [0, 0.05) is 57.0 Å². The number of hydrogen-bond donors (Lipinski definition) is 2. The molecule has 2 N–H and O–H groups in total. The smallest absolute Gasteiger partial charge is 0.373 e. The van der Waals surface area contributed by atoms with Crippen LogP contribution in [0.2, 0.25) is 54.4 Å². The summed E-state index contributed by atoms with van der Waals surface area (Å²) in [5.74, 6) is 1.78. The third kappa shape index (κ3) is 27.6. The third-order valence-corrected chi connectivity index (χ3v) is 46.2. The summed E-state index contributed by atoms with van der Waals surface area (Å²) in [6.07, 6.45) is 21.6. The number of ketones is 1. The van der Waals surface area contributed by atoms with Crippen LogP contribution in [-0.4, -0.2) is 220 Å². The summed E-state index contributed by atoms with van der Waals surface area (Å²) in [5, 5.41) is 19.6. The van der Waals surface area contributed by atoms with E-state index in [1.54, 1.807) is 6.08 Å². The normalized spacial score (nSPS) is 38.0. The van der Waals surface area contributed by atoms with Crippen molar-refractivity contribution in [3.05, 3.63) is 86.1 Å². The second-order valence-electron chi connectivity index (χ2n) is 44.9. The lowest BCUT2D eigenvalue weighted by atomic mass is 9.79. The summed E-state index contributed by atoms with van der Waals surface area (Å²) >= 11 is 0. The monoisotopic (exact) mass is 1850 g/mol. The quantitative estimate of drug-likeness (QED) is 0.0252. The summed E-state index contributed by atoms with van der Waals surface area (Å²) in [6, 6.07) is 0. The highest BCUT2D eigenvalue weighted by atomic mass is 28.4. The summed E-state index contributed by atoms with van der Waals surface area (Å²) < 4.78 is 100. The average Bonchev–Trinajstić information content (AvgIpc) is 1.56. The molecule has 24 heteroatoms. The van der Waals surface area contributed by atoms with Crippen molar-refractivity contribution in [1.82, 2.24) is 0 Å². The minimum absolute atomic E-state index is 0. The van der Waals surface area contributed by atoms with Crippen LogP contribution in [0.4, 0.5) is 0 Å². The molecule has 12 aliphatic rings. The maximum Gasteiger partial charge on any atom is 0.373 e. The lowest BCUT2D eigenvalue weighted by molar-refractivity contribution is -0.262. The number of ether oxygens (including phenoxy) is 12. The first-order chi connectivity index (χ1) is 58.9. The van der Waals surface area contributed by atoms with Crippen molar-refractivity contribution in [3.63, 3.8) is 0 Å². The highest BCUT2D eigenvalue weighted by Crippen LogP contribution is 2.56. The van der Waals surface area contributed by atoms with Crippen LogP contribution >= 0.6 is 0 Å². The first kappa shape index (κ1) is 112. The molecule has 0 saturated carbocycles. The molecule has 0 aromatic carbocycles. The SMILES string of the molecule is C.C.C=CC[C@@H]1O[C@@H]([C@H](/C=C/C(=O)CC[C@H]2CC(=C)C(CC[C@H]3C[C@@H](C)C(=C)[C@@H](CC4O[C@H](C[C@H](C)CO[Si](C)(C)C(C)(C)C)[C@H](C)[C@H]4CC(=O)OC)O3)O2)O[Si](C)(C)C(C)(C)C)[C@@H](O[Si](C)(C)C(C)(C)C)[C@@H](C)[C@H]1C.C=CC[C@@H]1O[C@H]2[C@H]3O[C@]4(CC[C@H]5CC(=C)C(CC[C@H]6C[C@@H](C)C(=C)[C@@H](CC7O[C@H](C[C@H](O)CO)[C@H](C)[C@H]7CC)O6)O5)C[C@H]3O[C@H]2[C@@H](O4)C1C.O=C=O. The van der Waals surface area contributed by atoms with E-state index in [1.807, 2.05) is 18.2 Å². The molecule has 0 spiro atoms. The number of rotatable bonds is 38. The van der Waals surface area contributed by atoms with Crippen LogP contribution in [0, 0.1) is 59.2 Å². The Morgan fingerprint density at radius 1 is 0.570 bits per heavy atom. The van der Waals surface area contributed by atoms with Crippen LogP contribution in [0.3, 0.4) is 0 Å². The fourth-order valence-corrected chi connectivity index (χ4v) is 24.8. The van der Waals surface area contributed by atoms with Crippen molar-refractivity contribution in [1.29, 1.82) is 0 Å². The Balaban J connectivity index is 0.000000358. The van der Waals surface area contributed by atoms with Crippen molar-refractivity contribution < 1.29 is 99.5 Å². The van der Waals surface area contributed by atoms with E-state index >= 15 is 0 Å². The van der Waals surface area contributed by atoms with Gasteiger partial charge in [-0.25, -0.2) is 0 Å². The molecular weight excluding hydrogens is 1670 g/mol. The summed E-state index contributed by atoms with van der Waals surface area (Å²) in [6.45, 7) is 80.7. The first-order valence-electron chi connectivity index (χ1n) is 48.6. The molecule has 0 amide bonds. The van der Waals surface area contributed by atoms with Gasteiger partial charge < -0.3 is 80.3 Å². The lowest BCUT2D eigenvalue weighted by Gasteiger charge is -2.52. The van der Waals surface area contributed by atoms with Gasteiger partial charge in [0.05, 0.1) is 136 Å². The molecule has 0 aromatic rings. The lowest BCUT2D eigenvalue weighted by Crippen LogP contribution is -2.60. The van der Waals surface area contributed by atoms with Gasteiger partial charge in [0.15, 0.2) is 36.5 Å². The van der Waals surface area contributed by atoms with Crippen molar-refractivity contribution in [2.75, 3.05) is 20.3 Å². The predicted octanol–water partition coefficient (Wildman–Crippen LogP) is 21.6. The van der Waals surface area contributed by atoms with Crippen LogP contribution in [0.25, 0.3) is 0 Å². The van der Waals surface area contributed by atoms with Crippen molar-refractivity contribution in [3.8, 4) is 0 Å². The highest BCUT2D eigenvalue weighted by Gasteiger charge is 2.68. The standard InChI is InChI=1S/C61H110O10Si3.C40H62O9.CO2.2CH4/c1-25-26-51-43(6)44(7)57(71-74(23,24)61(15,16)17)58(69-51)52(70-73(21,22)60(12,13)14)31-28-46(62)27-29-47-35-41(4)50(66-47)32-30-48-34-40(3)42(5)54(67-48)37-55-49(36-56(63)64-18)45(8)53(68-55)33-39(2)38-65-72(19,20)59(9,10)11;1-8-10-31-25(7)36-38-39(46-31)37-35(47-38)19-40(48-36,49-37)14-13-28-16-22(4)30(43-28)12-11-27-15-21(3)23(5)33(44-27)18-34-29(9-2)24(6)32(45-34)17-26(42)20-41;2-1-3;;/h25,28,31,39-40,43-45,47-55,57-58H,1,4-5,26-27,29-30,32-38H2,2-3,6-24H3;8,21,24-39,41-42H,1,4-5,9-20H2,2-3,6-7H3;;2*1H4/b31-28+;;;;/t39-,40+,43+,44-,45+,47-,48-,49+,50?,51-,52-,53+,54+,55?,57-,58-;21-,24-,25?,26+,27+,28+,29-,30?,31+,32-,33-,34?,35-,36+,37+,38+,39+,40-;;;/m01.../s1. The zero-order valence-corrected chi connectivity index (χ0v) is 85.5. The zero-order valence-electron chi connectivity index (χ0n) is 82.5. The Hall–Kier alpha value is -3.29. The number of carbonyl (C=O) groups excluding carboxylic acids is 4. The molecular formula is C104H180O21Si3. The Kier molecular flexibility index (Phi) is 41.2. The summed E-state index contributed by atoms with van der Waals surface area (Å²) in [5.41, 5.74) is 4.51. The van der Waals surface area contributed by atoms with Crippen LogP contribution in [-0.2, 0) is 89.3 Å². The van der Waals surface area contributed by atoms with Gasteiger partial charge in [-0.1, -0.05) is 190 Å². The van der Waals surface area contributed by atoms with Crippen LogP contribution in [0.15, 0.2) is 86.1 Å². The Bertz CT molecular complexity index is 3670. The second kappa shape index (κ2) is 47.2. The van der Waals surface area contributed by atoms with Gasteiger partial charge in [-0.05, 0) is 214 Å². The number of aliphatic hydroxyl groups excluding tert-OH is 2. The molecule has 21 nitrogen and oxygen atoms in total. The van der Waals surface area contributed by atoms with Gasteiger partial charge in [0.2, 0.25) is 0 Å². The van der Waals surface area contributed by atoms with Crippen molar-refractivity contribution >= 4 is 42.9 Å². The Morgan fingerprint density at radius 2 is 1.05 bits per heavy atom. The predicted molar refractivity (Wildman–Crippen MR) is 515 cm³/mol. The van der Waals surface area contributed by atoms with Gasteiger partial charge in [-0.3, -0.25) is 9.59 Å². The number of methoxy groups -OCH3 is 1.